The third kappa shape index (κ3) is 2.60. The van der Waals surface area contributed by atoms with Crippen molar-refractivity contribution >= 4 is 36.0 Å². The van der Waals surface area contributed by atoms with Crippen molar-refractivity contribution in [3.05, 3.63) is 60.7 Å². The van der Waals surface area contributed by atoms with Crippen LogP contribution in [-0.4, -0.2) is 5.49 Å². The lowest BCUT2D eigenvalue weighted by atomic mass is 10.4. The molecule has 2 rings (SSSR count). The zero-order valence-corrected chi connectivity index (χ0v) is 10.4. The van der Waals surface area contributed by atoms with Crippen LogP contribution in [0.3, 0.4) is 0 Å². The molecule has 0 radical (unpaired) electrons. The Morgan fingerprint density at radius 2 is 1.25 bits per heavy atom. The van der Waals surface area contributed by atoms with Crippen molar-refractivity contribution in [1.29, 1.82) is 0 Å². The quantitative estimate of drug-likeness (QED) is 0.596. The monoisotopic (exact) mass is 244 g/mol. The Kier molecular flexibility index (Phi) is 3.92. The van der Waals surface area contributed by atoms with Gasteiger partial charge in [0, 0.05) is 0 Å². The van der Waals surface area contributed by atoms with Gasteiger partial charge >= 0.3 is 0 Å². The largest absolute Gasteiger partial charge is 0.282 e. The summed E-state index contributed by atoms with van der Waals surface area (Å²) in [4.78, 5) is 0. The number of rotatable bonds is 3. The highest BCUT2D eigenvalue weighted by molar-refractivity contribution is 7.79. The normalized spacial score (nSPS) is 9.50. The molecule has 0 fully saturated rings. The summed E-state index contributed by atoms with van der Waals surface area (Å²) < 4.78 is 4.42. The van der Waals surface area contributed by atoms with Crippen molar-refractivity contribution in [3.63, 3.8) is 0 Å². The zero-order valence-electron chi connectivity index (χ0n) is 8.65. The van der Waals surface area contributed by atoms with E-state index in [2.05, 4.69) is 29.0 Å². The van der Waals surface area contributed by atoms with E-state index in [1.807, 2.05) is 36.4 Å². The zero-order chi connectivity index (χ0) is 11.2. The average Bonchev–Trinajstić information content (AvgIpc) is 2.38. The van der Waals surface area contributed by atoms with Crippen LogP contribution in [0.5, 0.6) is 0 Å². The molecule has 0 aromatic heterocycles. The molecule has 0 N–H and O–H groups in total. The minimum Gasteiger partial charge on any atom is -0.0625 e. The number of hydrogen-bond donors (Lipinski definition) is 0. The number of thiocarbonyl (C=S) groups is 1. The highest BCUT2D eigenvalue weighted by atomic mass is 32.1. The second kappa shape index (κ2) is 5.64. The lowest BCUT2D eigenvalue weighted by Crippen LogP contribution is -2.05. The fourth-order valence-corrected chi connectivity index (χ4v) is 3.32. The summed E-state index contributed by atoms with van der Waals surface area (Å²) in [5.41, 5.74) is 1.48. The van der Waals surface area contributed by atoms with Crippen molar-refractivity contribution in [2.75, 3.05) is 0 Å². The van der Waals surface area contributed by atoms with Gasteiger partial charge in [-0.2, -0.15) is 0 Å². The van der Waals surface area contributed by atoms with Crippen molar-refractivity contribution in [2.24, 2.45) is 4.74 Å². The predicted molar refractivity (Wildman–Crippen MR) is 75.2 cm³/mol. The average molecular weight is 244 g/mol. The van der Waals surface area contributed by atoms with E-state index in [1.165, 1.54) is 16.1 Å². The molecule has 0 aliphatic rings. The summed E-state index contributed by atoms with van der Waals surface area (Å²) in [6, 6.07) is 20.6. The van der Waals surface area contributed by atoms with Gasteiger partial charge in [-0.1, -0.05) is 53.4 Å². The van der Waals surface area contributed by atoms with Crippen LogP contribution in [0.4, 0.5) is 0 Å². The first kappa shape index (κ1) is 11.1. The van der Waals surface area contributed by atoms with Gasteiger partial charge in [0.2, 0.25) is 0 Å². The molecule has 2 aromatic rings. The molecule has 0 unspecified atom stereocenters. The highest BCUT2D eigenvalue weighted by Crippen LogP contribution is 2.23. The Hall–Kier alpha value is -1.37. The predicted octanol–water partition coefficient (Wildman–Crippen LogP) is 3.26. The maximum atomic E-state index is 4.85. The lowest BCUT2D eigenvalue weighted by Gasteiger charge is -1.92. The molecule has 0 saturated heterocycles. The first-order valence-corrected chi connectivity index (χ1v) is 6.73. The molecular formula is C13H11NPS+. The van der Waals surface area contributed by atoms with Crippen LogP contribution in [0.15, 0.2) is 65.4 Å². The van der Waals surface area contributed by atoms with E-state index in [4.69, 9.17) is 12.2 Å². The van der Waals surface area contributed by atoms with Gasteiger partial charge in [-0.3, -0.25) is 0 Å². The van der Waals surface area contributed by atoms with Gasteiger partial charge in [0.15, 0.2) is 10.6 Å². The van der Waals surface area contributed by atoms with Crippen LogP contribution in [0.2, 0.25) is 0 Å². The van der Waals surface area contributed by atoms with E-state index >= 15 is 0 Å². The molecule has 2 aromatic carbocycles. The molecule has 0 heterocycles. The van der Waals surface area contributed by atoms with E-state index in [0.717, 1.165) is 0 Å². The number of hydrogen-bond acceptors (Lipinski definition) is 1. The van der Waals surface area contributed by atoms with Crippen molar-refractivity contribution in [2.45, 2.75) is 0 Å². The Morgan fingerprint density at radius 3 is 1.62 bits per heavy atom. The lowest BCUT2D eigenvalue weighted by molar-refractivity contribution is 1.74. The third-order valence-corrected chi connectivity index (χ3v) is 4.35. The van der Waals surface area contributed by atoms with Gasteiger partial charge < -0.3 is 0 Å². The molecule has 0 amide bonds. The van der Waals surface area contributed by atoms with Crippen LogP contribution in [-0.2, 0) is 0 Å². The van der Waals surface area contributed by atoms with Gasteiger partial charge in [-0.15, -0.1) is 0 Å². The van der Waals surface area contributed by atoms with Gasteiger partial charge in [0.1, 0.15) is 5.49 Å². The summed E-state index contributed by atoms with van der Waals surface area (Å²) in [6.07, 6.45) is 0. The van der Waals surface area contributed by atoms with Crippen LogP contribution < -0.4 is 10.6 Å². The minimum atomic E-state index is -0.686. The first-order valence-electron chi connectivity index (χ1n) is 4.96. The van der Waals surface area contributed by atoms with E-state index in [0.29, 0.717) is 0 Å². The second-order valence-corrected chi connectivity index (χ2v) is 5.30. The van der Waals surface area contributed by atoms with E-state index in [9.17, 15) is 0 Å². The third-order valence-electron chi connectivity index (χ3n) is 2.16. The highest BCUT2D eigenvalue weighted by Gasteiger charge is 2.18. The smallest absolute Gasteiger partial charge is 0.0625 e. The molecule has 0 saturated carbocycles. The summed E-state index contributed by atoms with van der Waals surface area (Å²) >= 11 is 4.85. The summed E-state index contributed by atoms with van der Waals surface area (Å²) in [5.74, 6) is 0. The van der Waals surface area contributed by atoms with E-state index < -0.39 is 7.71 Å². The van der Waals surface area contributed by atoms with Crippen LogP contribution in [0, 0.1) is 0 Å². The number of nitrogens with zero attached hydrogens (tertiary/aromatic N) is 1. The first-order chi connectivity index (χ1) is 7.92. The fraction of sp³-hybridized carbons (Fsp3) is 0. The Bertz CT molecular complexity index is 452. The fourth-order valence-electron chi connectivity index (χ4n) is 1.47. The number of benzene rings is 2. The molecule has 0 spiro atoms. The molecule has 16 heavy (non-hydrogen) atoms. The molecule has 0 atom stereocenters. The molecule has 3 heteroatoms. The molecule has 0 aliphatic carbocycles. The topological polar surface area (TPSA) is 12.4 Å². The Morgan fingerprint density at radius 1 is 0.812 bits per heavy atom. The van der Waals surface area contributed by atoms with E-state index in [1.54, 1.807) is 0 Å². The summed E-state index contributed by atoms with van der Waals surface area (Å²) in [7, 11) is -0.686. The van der Waals surface area contributed by atoms with E-state index in [-0.39, 0.29) is 0 Å². The second-order valence-electron chi connectivity index (χ2n) is 3.20. The standard InChI is InChI=1S/C13H11NPS/c16-11-14-15(12-7-3-1-4-8-12)13-9-5-2-6-10-13/h1-11H/q+1. The van der Waals surface area contributed by atoms with Crippen molar-refractivity contribution < 1.29 is 0 Å². The van der Waals surface area contributed by atoms with Gasteiger partial charge in [-0.05, 0) is 24.3 Å². The summed E-state index contributed by atoms with van der Waals surface area (Å²) in [6.45, 7) is 0. The molecule has 1 nitrogen and oxygen atoms in total. The minimum absolute atomic E-state index is 0.686. The Balaban J connectivity index is 2.48. The van der Waals surface area contributed by atoms with Crippen LogP contribution in [0.25, 0.3) is 0 Å². The van der Waals surface area contributed by atoms with Crippen molar-refractivity contribution in [1.82, 2.24) is 0 Å². The van der Waals surface area contributed by atoms with Gasteiger partial charge in [-0.25, -0.2) is 0 Å². The van der Waals surface area contributed by atoms with Crippen LogP contribution >= 0.6 is 19.9 Å². The maximum Gasteiger partial charge on any atom is 0.282 e. The summed E-state index contributed by atoms with van der Waals surface area (Å²) in [5, 5.41) is 2.45. The van der Waals surface area contributed by atoms with Gasteiger partial charge in [0.05, 0.1) is 0 Å². The molecular weight excluding hydrogens is 233 g/mol. The maximum absolute atomic E-state index is 4.85. The SMILES string of the molecule is S=CN=[P+](c1ccccc1)c1ccccc1. The van der Waals surface area contributed by atoms with Crippen molar-refractivity contribution in [3.8, 4) is 0 Å². The molecule has 78 valence electrons. The molecule has 0 bridgehead atoms. The Labute approximate surface area is 102 Å². The molecule has 0 aliphatic heterocycles. The van der Waals surface area contributed by atoms with Crippen LogP contribution in [0.1, 0.15) is 0 Å². The van der Waals surface area contributed by atoms with Gasteiger partial charge in [0.25, 0.3) is 7.71 Å².